The summed E-state index contributed by atoms with van der Waals surface area (Å²) in [5, 5.41) is 3.42. The second-order valence-electron chi connectivity index (χ2n) is 6.27. The van der Waals surface area contributed by atoms with Gasteiger partial charge in [0.2, 0.25) is 0 Å². The summed E-state index contributed by atoms with van der Waals surface area (Å²) >= 11 is 6.15. The Kier molecular flexibility index (Phi) is 3.46. The van der Waals surface area contributed by atoms with E-state index in [0.717, 1.165) is 24.0 Å². The molecule has 0 atom stereocenters. The Morgan fingerprint density at radius 1 is 1.26 bits per heavy atom. The minimum absolute atomic E-state index is 0.138. The van der Waals surface area contributed by atoms with Gasteiger partial charge in [0.15, 0.2) is 6.79 Å². The van der Waals surface area contributed by atoms with Crippen molar-refractivity contribution in [1.29, 1.82) is 0 Å². The fourth-order valence-corrected chi connectivity index (χ4v) is 3.95. The van der Waals surface area contributed by atoms with E-state index in [1.54, 1.807) is 12.1 Å². The van der Waals surface area contributed by atoms with Gasteiger partial charge >= 0.3 is 6.03 Å². The molecular weight excluding hydrogens is 320 g/mol. The van der Waals surface area contributed by atoms with Crippen molar-refractivity contribution in [2.75, 3.05) is 6.79 Å². The van der Waals surface area contributed by atoms with Crippen LogP contribution in [-0.4, -0.2) is 29.2 Å². The number of hydrogen-bond acceptors (Lipinski definition) is 4. The Labute approximate surface area is 138 Å². The summed E-state index contributed by atoms with van der Waals surface area (Å²) in [7, 11) is 0. The number of ether oxygens (including phenoxy) is 2. The van der Waals surface area contributed by atoms with Crippen molar-refractivity contribution >= 4 is 23.5 Å². The molecule has 1 spiro atoms. The molecule has 7 heteroatoms. The zero-order chi connectivity index (χ0) is 16.0. The van der Waals surface area contributed by atoms with Gasteiger partial charge in [-0.1, -0.05) is 24.4 Å². The zero-order valence-electron chi connectivity index (χ0n) is 12.6. The van der Waals surface area contributed by atoms with Gasteiger partial charge in [-0.25, -0.2) is 4.79 Å². The maximum Gasteiger partial charge on any atom is 0.325 e. The number of nitrogens with one attached hydrogen (secondary N) is 1. The van der Waals surface area contributed by atoms with Crippen molar-refractivity contribution in [3.05, 3.63) is 28.3 Å². The molecule has 1 N–H and O–H groups in total. The largest absolute Gasteiger partial charge is 0.467 e. The van der Waals surface area contributed by atoms with E-state index in [4.69, 9.17) is 21.1 Å². The Hall–Kier alpha value is -1.79. The van der Waals surface area contributed by atoms with E-state index in [1.807, 2.05) is 0 Å². The second-order valence-corrected chi connectivity index (χ2v) is 6.71. The summed E-state index contributed by atoms with van der Waals surface area (Å²) in [4.78, 5) is 26.3. The number of benzene rings is 1. The smallest absolute Gasteiger partial charge is 0.325 e. The van der Waals surface area contributed by atoms with Gasteiger partial charge in [-0.05, 0) is 25.0 Å². The molecule has 3 aliphatic rings. The molecule has 0 aromatic heterocycles. The molecule has 0 unspecified atom stereocenters. The molecule has 1 aromatic carbocycles. The van der Waals surface area contributed by atoms with Crippen LogP contribution >= 0.6 is 11.6 Å². The van der Waals surface area contributed by atoms with Crippen LogP contribution in [0.15, 0.2) is 12.1 Å². The summed E-state index contributed by atoms with van der Waals surface area (Å²) < 4.78 is 10.8. The molecule has 23 heavy (non-hydrogen) atoms. The van der Waals surface area contributed by atoms with Crippen LogP contribution in [0.3, 0.4) is 0 Å². The first-order chi connectivity index (χ1) is 11.1. The first-order valence-corrected chi connectivity index (χ1v) is 8.13. The van der Waals surface area contributed by atoms with Gasteiger partial charge in [-0.3, -0.25) is 9.69 Å². The van der Waals surface area contributed by atoms with Gasteiger partial charge in [-0.2, -0.15) is 0 Å². The lowest BCUT2D eigenvalue weighted by molar-refractivity contribution is -0.131. The van der Waals surface area contributed by atoms with Gasteiger partial charge in [0.25, 0.3) is 5.91 Å². The molecule has 1 saturated carbocycles. The van der Waals surface area contributed by atoms with E-state index in [2.05, 4.69) is 5.32 Å². The summed E-state index contributed by atoms with van der Waals surface area (Å²) in [6.45, 7) is 0.730. The summed E-state index contributed by atoms with van der Waals surface area (Å²) in [6.07, 6.45) is 3.36. The first kappa shape index (κ1) is 14.8. The maximum absolute atomic E-state index is 12.7. The molecule has 3 amide bonds. The summed E-state index contributed by atoms with van der Waals surface area (Å²) in [6, 6.07) is 3.19. The number of carbonyl (C=O) groups is 2. The highest BCUT2D eigenvalue weighted by Crippen LogP contribution is 2.37. The highest BCUT2D eigenvalue weighted by Gasteiger charge is 2.52. The number of carbonyl (C=O) groups excluding carboxylic acids is 2. The van der Waals surface area contributed by atoms with Gasteiger partial charge in [-0.15, -0.1) is 0 Å². The van der Waals surface area contributed by atoms with Crippen molar-refractivity contribution in [3.63, 3.8) is 0 Å². The third-order valence-electron chi connectivity index (χ3n) is 4.78. The Bertz CT molecular complexity index is 685. The fourth-order valence-electron chi connectivity index (χ4n) is 3.68. The van der Waals surface area contributed by atoms with Gasteiger partial charge in [0.1, 0.15) is 11.3 Å². The van der Waals surface area contributed by atoms with Crippen LogP contribution in [0.25, 0.3) is 0 Å². The number of hydrogen-bond donors (Lipinski definition) is 1. The highest BCUT2D eigenvalue weighted by atomic mass is 35.5. The molecule has 4 rings (SSSR count). The van der Waals surface area contributed by atoms with E-state index in [-0.39, 0.29) is 25.3 Å². The van der Waals surface area contributed by atoms with Gasteiger partial charge in [0, 0.05) is 16.1 Å². The normalized spacial score (nSPS) is 22.2. The predicted octanol–water partition coefficient (Wildman–Crippen LogP) is 2.57. The van der Waals surface area contributed by atoms with Crippen LogP contribution in [0.4, 0.5) is 4.79 Å². The third-order valence-corrected chi connectivity index (χ3v) is 5.00. The standard InChI is InChI=1S/C16H17ClN2O4/c17-12-5-10(13-11(6-12)8-22-9-23-13)7-19-14(20)16(18-15(19)21)3-1-2-4-16/h5-6H,1-4,7-9H2,(H,18,21). The Balaban J connectivity index is 1.65. The van der Waals surface area contributed by atoms with E-state index in [9.17, 15) is 9.59 Å². The van der Waals surface area contributed by atoms with Crippen molar-refractivity contribution in [2.24, 2.45) is 0 Å². The van der Waals surface area contributed by atoms with Crippen molar-refractivity contribution < 1.29 is 19.1 Å². The molecule has 6 nitrogen and oxygen atoms in total. The molecule has 0 bridgehead atoms. The van der Waals surface area contributed by atoms with Crippen LogP contribution in [0.2, 0.25) is 5.02 Å². The van der Waals surface area contributed by atoms with Crippen LogP contribution in [-0.2, 0) is 22.7 Å². The lowest BCUT2D eigenvalue weighted by atomic mass is 9.98. The molecule has 2 aliphatic heterocycles. The number of nitrogens with zero attached hydrogens (tertiary/aromatic N) is 1. The monoisotopic (exact) mass is 336 g/mol. The number of rotatable bonds is 2. The number of imide groups is 1. The highest BCUT2D eigenvalue weighted by molar-refractivity contribution is 6.30. The number of urea groups is 1. The average molecular weight is 337 g/mol. The molecule has 1 aromatic rings. The lowest BCUT2D eigenvalue weighted by Crippen LogP contribution is -2.44. The Morgan fingerprint density at radius 2 is 2.04 bits per heavy atom. The first-order valence-electron chi connectivity index (χ1n) is 7.75. The molecule has 2 fully saturated rings. The summed E-state index contributed by atoms with van der Waals surface area (Å²) in [5.41, 5.74) is 0.871. The zero-order valence-corrected chi connectivity index (χ0v) is 13.3. The SMILES string of the molecule is O=C1NC2(CCCC2)C(=O)N1Cc1cc(Cl)cc2c1OCOC2. The topological polar surface area (TPSA) is 67.9 Å². The number of halogens is 1. The lowest BCUT2D eigenvalue weighted by Gasteiger charge is -2.23. The number of fused-ring (bicyclic) bond motifs is 1. The maximum atomic E-state index is 12.7. The molecule has 1 saturated heterocycles. The van der Waals surface area contributed by atoms with Gasteiger partial charge < -0.3 is 14.8 Å². The van der Waals surface area contributed by atoms with E-state index in [0.29, 0.717) is 30.2 Å². The molecule has 0 radical (unpaired) electrons. The Morgan fingerprint density at radius 3 is 2.83 bits per heavy atom. The molecule has 122 valence electrons. The third kappa shape index (κ3) is 2.37. The number of amides is 3. The van der Waals surface area contributed by atoms with E-state index in [1.165, 1.54) is 4.90 Å². The molecule has 1 aliphatic carbocycles. The predicted molar refractivity (Wildman–Crippen MR) is 82.0 cm³/mol. The second kappa shape index (κ2) is 5.39. The van der Waals surface area contributed by atoms with Crippen molar-refractivity contribution in [1.82, 2.24) is 10.2 Å². The summed E-state index contributed by atoms with van der Waals surface area (Å²) in [5.74, 6) is 0.523. The minimum Gasteiger partial charge on any atom is -0.467 e. The fraction of sp³-hybridized carbons (Fsp3) is 0.500. The van der Waals surface area contributed by atoms with E-state index >= 15 is 0 Å². The molecule has 2 heterocycles. The van der Waals surface area contributed by atoms with Crippen LogP contribution in [0.1, 0.15) is 36.8 Å². The van der Waals surface area contributed by atoms with Crippen molar-refractivity contribution in [3.8, 4) is 5.75 Å². The van der Waals surface area contributed by atoms with E-state index < -0.39 is 5.54 Å². The van der Waals surface area contributed by atoms with Crippen LogP contribution in [0.5, 0.6) is 5.75 Å². The van der Waals surface area contributed by atoms with Crippen LogP contribution in [0, 0.1) is 0 Å². The quantitative estimate of drug-likeness (QED) is 0.843. The van der Waals surface area contributed by atoms with Crippen molar-refractivity contribution in [2.45, 2.75) is 44.4 Å². The van der Waals surface area contributed by atoms with Crippen LogP contribution < -0.4 is 10.1 Å². The minimum atomic E-state index is -0.695. The average Bonchev–Trinajstić information content (AvgIpc) is 3.08. The van der Waals surface area contributed by atoms with Gasteiger partial charge in [0.05, 0.1) is 13.2 Å². The molecular formula is C16H17ClN2O4.